The van der Waals surface area contributed by atoms with Crippen LogP contribution >= 0.6 is 0 Å². The van der Waals surface area contributed by atoms with E-state index in [9.17, 15) is 9.59 Å². The fourth-order valence-corrected chi connectivity index (χ4v) is 1.69. The molecule has 0 saturated heterocycles. The van der Waals surface area contributed by atoms with Crippen molar-refractivity contribution in [2.45, 2.75) is 6.92 Å². The zero-order valence-electron chi connectivity index (χ0n) is 12.8. The van der Waals surface area contributed by atoms with Crippen molar-refractivity contribution >= 4 is 11.9 Å². The van der Waals surface area contributed by atoms with Gasteiger partial charge in [-0.25, -0.2) is 9.59 Å². The standard InChI is InChI=1S/2C8H8O4/c1-12-8(11)5-2-3-6(9)7(10)4-5;1-4-5(8(11)12)2-3-6(9)7(4)10/h2-4,9-10H,1H3;2-3,9-10H,1H3,(H,11,12). The first-order valence-electron chi connectivity index (χ1n) is 6.54. The lowest BCUT2D eigenvalue weighted by atomic mass is 10.1. The maximum atomic E-state index is 10.9. The van der Waals surface area contributed by atoms with Gasteiger partial charge in [0.2, 0.25) is 0 Å². The van der Waals surface area contributed by atoms with Crippen LogP contribution in [0.5, 0.6) is 23.0 Å². The SMILES string of the molecule is COC(=O)c1ccc(O)c(O)c1.Cc1c(C(=O)O)ccc(O)c1O. The molecule has 0 spiro atoms. The highest BCUT2D eigenvalue weighted by Gasteiger charge is 2.12. The molecule has 0 fully saturated rings. The minimum absolute atomic E-state index is 0.00898. The Balaban J connectivity index is 0.000000240. The van der Waals surface area contributed by atoms with E-state index in [0.717, 1.165) is 12.1 Å². The Morgan fingerprint density at radius 1 is 0.917 bits per heavy atom. The van der Waals surface area contributed by atoms with Gasteiger partial charge in [0.1, 0.15) is 0 Å². The number of aromatic carboxylic acids is 1. The first kappa shape index (κ1) is 18.6. The number of ether oxygens (including phenoxy) is 1. The van der Waals surface area contributed by atoms with Crippen molar-refractivity contribution in [1.82, 2.24) is 0 Å². The number of aromatic hydroxyl groups is 4. The van der Waals surface area contributed by atoms with Crippen LogP contribution in [-0.2, 0) is 4.74 Å². The van der Waals surface area contributed by atoms with Gasteiger partial charge in [0.05, 0.1) is 18.2 Å². The number of esters is 1. The number of rotatable bonds is 2. The molecule has 0 aromatic heterocycles. The molecule has 2 aromatic carbocycles. The van der Waals surface area contributed by atoms with E-state index in [2.05, 4.69) is 4.74 Å². The Hall–Kier alpha value is -3.42. The van der Waals surface area contributed by atoms with E-state index in [-0.39, 0.29) is 39.7 Å². The Bertz CT molecular complexity index is 767. The minimum Gasteiger partial charge on any atom is -0.504 e. The summed E-state index contributed by atoms with van der Waals surface area (Å²) in [6.07, 6.45) is 0. The van der Waals surface area contributed by atoms with Crippen molar-refractivity contribution < 1.29 is 39.9 Å². The number of phenolic OH excluding ortho intramolecular Hbond substituents is 4. The average Bonchev–Trinajstić information content (AvgIpc) is 2.54. The van der Waals surface area contributed by atoms with Crippen molar-refractivity contribution in [3.8, 4) is 23.0 Å². The third-order valence-electron chi connectivity index (χ3n) is 3.04. The molecule has 0 heterocycles. The number of carbonyl (C=O) groups is 2. The van der Waals surface area contributed by atoms with Gasteiger partial charge in [0.25, 0.3) is 0 Å². The fraction of sp³-hybridized carbons (Fsp3) is 0.125. The lowest BCUT2D eigenvalue weighted by molar-refractivity contribution is 0.0599. The first-order valence-corrected chi connectivity index (χ1v) is 6.54. The predicted octanol–water partition coefficient (Wildman–Crippen LogP) is 1.99. The maximum Gasteiger partial charge on any atom is 0.337 e. The fourth-order valence-electron chi connectivity index (χ4n) is 1.69. The maximum absolute atomic E-state index is 10.9. The van der Waals surface area contributed by atoms with Crippen LogP contribution in [-0.4, -0.2) is 44.6 Å². The van der Waals surface area contributed by atoms with Gasteiger partial charge in [0, 0.05) is 5.56 Å². The number of benzene rings is 2. The lowest BCUT2D eigenvalue weighted by Gasteiger charge is -2.04. The molecular weight excluding hydrogens is 320 g/mol. The number of hydrogen-bond acceptors (Lipinski definition) is 7. The van der Waals surface area contributed by atoms with Crippen LogP contribution in [0.1, 0.15) is 26.3 Å². The summed E-state index contributed by atoms with van der Waals surface area (Å²) in [5.74, 6) is -2.96. The predicted molar refractivity (Wildman–Crippen MR) is 82.6 cm³/mol. The molecule has 128 valence electrons. The first-order chi connectivity index (χ1) is 11.2. The Kier molecular flexibility index (Phi) is 6.00. The number of carboxylic acids is 1. The van der Waals surface area contributed by atoms with Crippen LogP contribution in [0.2, 0.25) is 0 Å². The van der Waals surface area contributed by atoms with Crippen molar-refractivity contribution in [2.75, 3.05) is 7.11 Å². The molecule has 8 heteroatoms. The third-order valence-corrected chi connectivity index (χ3v) is 3.04. The van der Waals surface area contributed by atoms with E-state index in [1.54, 1.807) is 0 Å². The quantitative estimate of drug-likeness (QED) is 0.413. The van der Waals surface area contributed by atoms with E-state index in [4.69, 9.17) is 25.5 Å². The molecule has 0 unspecified atom stereocenters. The molecule has 0 bridgehead atoms. The summed E-state index contributed by atoms with van der Waals surface area (Å²) in [4.78, 5) is 21.4. The van der Waals surface area contributed by atoms with Gasteiger partial charge in [-0.3, -0.25) is 0 Å². The van der Waals surface area contributed by atoms with Gasteiger partial charge in [-0.15, -0.1) is 0 Å². The van der Waals surface area contributed by atoms with E-state index in [1.165, 1.54) is 32.2 Å². The number of hydrogen-bond donors (Lipinski definition) is 5. The van der Waals surface area contributed by atoms with Gasteiger partial charge in [-0.05, 0) is 37.3 Å². The molecule has 8 nitrogen and oxygen atoms in total. The van der Waals surface area contributed by atoms with Crippen LogP contribution in [0.3, 0.4) is 0 Å². The molecule has 0 aliphatic carbocycles. The summed E-state index contributed by atoms with van der Waals surface area (Å²) < 4.78 is 4.40. The van der Waals surface area contributed by atoms with E-state index in [0.29, 0.717) is 0 Å². The highest BCUT2D eigenvalue weighted by molar-refractivity contribution is 5.90. The summed E-state index contributed by atoms with van der Waals surface area (Å²) in [5, 5.41) is 44.6. The largest absolute Gasteiger partial charge is 0.504 e. The average molecular weight is 336 g/mol. The van der Waals surface area contributed by atoms with Gasteiger partial charge < -0.3 is 30.3 Å². The lowest BCUT2D eigenvalue weighted by Crippen LogP contribution is -2.00. The number of methoxy groups -OCH3 is 1. The zero-order valence-corrected chi connectivity index (χ0v) is 12.8. The highest BCUT2D eigenvalue weighted by atomic mass is 16.5. The molecule has 5 N–H and O–H groups in total. The van der Waals surface area contributed by atoms with Crippen LogP contribution in [0.25, 0.3) is 0 Å². The van der Waals surface area contributed by atoms with Gasteiger partial charge in [-0.2, -0.15) is 0 Å². The van der Waals surface area contributed by atoms with Crippen molar-refractivity contribution in [2.24, 2.45) is 0 Å². The molecule has 0 radical (unpaired) electrons. The monoisotopic (exact) mass is 336 g/mol. The van der Waals surface area contributed by atoms with Crippen molar-refractivity contribution in [1.29, 1.82) is 0 Å². The molecular formula is C16H16O8. The number of phenols is 4. The van der Waals surface area contributed by atoms with Crippen LogP contribution in [0, 0.1) is 6.92 Å². The van der Waals surface area contributed by atoms with Crippen LogP contribution in [0.15, 0.2) is 30.3 Å². The molecule has 0 amide bonds. The second-order valence-electron chi connectivity index (χ2n) is 4.61. The summed E-state index contributed by atoms with van der Waals surface area (Å²) in [7, 11) is 1.24. The van der Waals surface area contributed by atoms with E-state index >= 15 is 0 Å². The zero-order chi connectivity index (χ0) is 18.4. The summed E-state index contributed by atoms with van der Waals surface area (Å²) in [6, 6.07) is 6.11. The topological polar surface area (TPSA) is 145 Å². The summed E-state index contributed by atoms with van der Waals surface area (Å²) in [5.41, 5.74) is 0.362. The second-order valence-corrected chi connectivity index (χ2v) is 4.61. The Labute approximate surface area is 136 Å². The van der Waals surface area contributed by atoms with Crippen molar-refractivity contribution in [3.05, 3.63) is 47.0 Å². The van der Waals surface area contributed by atoms with Crippen molar-refractivity contribution in [3.63, 3.8) is 0 Å². The van der Waals surface area contributed by atoms with E-state index in [1.807, 2.05) is 0 Å². The van der Waals surface area contributed by atoms with Crippen LogP contribution < -0.4 is 0 Å². The van der Waals surface area contributed by atoms with Crippen LogP contribution in [0.4, 0.5) is 0 Å². The molecule has 2 aromatic rings. The molecule has 24 heavy (non-hydrogen) atoms. The third kappa shape index (κ3) is 4.29. The number of carboxylic acid groups (broad SMARTS) is 1. The Morgan fingerprint density at radius 3 is 2.00 bits per heavy atom. The van der Waals surface area contributed by atoms with Gasteiger partial charge in [-0.1, -0.05) is 0 Å². The van der Waals surface area contributed by atoms with Gasteiger partial charge >= 0.3 is 11.9 Å². The molecule has 0 aliphatic rings. The highest BCUT2D eigenvalue weighted by Crippen LogP contribution is 2.30. The molecule has 2 rings (SSSR count). The minimum atomic E-state index is -1.12. The number of carbonyl (C=O) groups excluding carboxylic acids is 1. The molecule has 0 aliphatic heterocycles. The molecule has 0 saturated carbocycles. The normalized spacial score (nSPS) is 9.58. The molecule has 0 atom stereocenters. The van der Waals surface area contributed by atoms with Gasteiger partial charge in [0.15, 0.2) is 23.0 Å². The van der Waals surface area contributed by atoms with E-state index < -0.39 is 11.9 Å². The smallest absolute Gasteiger partial charge is 0.337 e. The Morgan fingerprint density at radius 2 is 1.50 bits per heavy atom. The summed E-state index contributed by atoms with van der Waals surface area (Å²) in [6.45, 7) is 1.43. The summed E-state index contributed by atoms with van der Waals surface area (Å²) >= 11 is 0. The second kappa shape index (κ2) is 7.73.